The van der Waals surface area contributed by atoms with Crippen LogP contribution in [-0.4, -0.2) is 17.0 Å². The monoisotopic (exact) mass is 366 g/mol. The van der Waals surface area contributed by atoms with Crippen molar-refractivity contribution in [2.24, 2.45) is 0 Å². The summed E-state index contributed by atoms with van der Waals surface area (Å²) in [6.45, 7) is 2.12. The molecule has 0 radical (unpaired) electrons. The van der Waals surface area contributed by atoms with E-state index in [2.05, 4.69) is 49.4 Å². The number of hydrogen-bond donors (Lipinski definition) is 1. The largest absolute Gasteiger partial charge is 0.481 e. The molecule has 0 fully saturated rings. The van der Waals surface area contributed by atoms with Gasteiger partial charge in [-0.3, -0.25) is 9.59 Å². The van der Waals surface area contributed by atoms with Crippen LogP contribution in [0.25, 0.3) is 11.1 Å². The maximum atomic E-state index is 12.2. The topological polar surface area (TPSA) is 63.6 Å². The van der Waals surface area contributed by atoms with Gasteiger partial charge in [0.05, 0.1) is 0 Å². The van der Waals surface area contributed by atoms with Gasteiger partial charge in [-0.2, -0.15) is 0 Å². The highest BCUT2D eigenvalue weighted by molar-refractivity contribution is 5.77. The first-order valence-electron chi connectivity index (χ1n) is 9.71. The number of ether oxygens (including phenoxy) is 1. The fourth-order valence-electron chi connectivity index (χ4n) is 3.65. The molecular weight excluding hydrogens is 340 g/mol. The van der Waals surface area contributed by atoms with E-state index >= 15 is 0 Å². The zero-order chi connectivity index (χ0) is 19.2. The average molecular weight is 366 g/mol. The molecule has 2 aromatic rings. The van der Waals surface area contributed by atoms with E-state index in [-0.39, 0.29) is 24.9 Å². The highest BCUT2D eigenvalue weighted by Crippen LogP contribution is 2.38. The first-order valence-corrected chi connectivity index (χ1v) is 9.71. The molecule has 1 N–H and O–H groups in total. The molecule has 0 spiro atoms. The minimum absolute atomic E-state index is 0.00810. The second-order valence-electron chi connectivity index (χ2n) is 7.12. The molecule has 0 aliphatic heterocycles. The number of fused-ring (bicyclic) bond motifs is 3. The third-order valence-corrected chi connectivity index (χ3v) is 5.05. The number of carboxylic acids is 1. The second-order valence-corrected chi connectivity index (χ2v) is 7.12. The summed E-state index contributed by atoms with van der Waals surface area (Å²) in [5.74, 6) is -1.20. The van der Waals surface area contributed by atoms with Crippen molar-refractivity contribution in [3.63, 3.8) is 0 Å². The summed E-state index contributed by atoms with van der Waals surface area (Å²) in [5.41, 5.74) is 6.19. The maximum absolute atomic E-state index is 12.2. The minimum atomic E-state index is -0.886. The molecule has 3 rings (SSSR count). The third-order valence-electron chi connectivity index (χ3n) is 5.05. The summed E-state index contributed by atoms with van der Waals surface area (Å²) < 4.78 is 5.73. The Morgan fingerprint density at radius 3 is 2.59 bits per heavy atom. The zero-order valence-corrected chi connectivity index (χ0v) is 15.7. The van der Waals surface area contributed by atoms with Gasteiger partial charge in [-0.25, -0.2) is 0 Å². The van der Waals surface area contributed by atoms with Crippen molar-refractivity contribution < 1.29 is 19.4 Å². The fraction of sp³-hybridized carbons (Fsp3) is 0.391. The molecule has 27 heavy (non-hydrogen) atoms. The lowest BCUT2D eigenvalue weighted by Gasteiger charge is -2.19. The summed E-state index contributed by atoms with van der Waals surface area (Å²) in [4.78, 5) is 22.8. The second kappa shape index (κ2) is 8.85. The van der Waals surface area contributed by atoms with Crippen molar-refractivity contribution in [2.45, 2.75) is 58.0 Å². The number of hydrogen-bond acceptors (Lipinski definition) is 3. The van der Waals surface area contributed by atoms with Crippen LogP contribution in [0, 0.1) is 0 Å². The van der Waals surface area contributed by atoms with Crippen LogP contribution in [0.3, 0.4) is 0 Å². The summed E-state index contributed by atoms with van der Waals surface area (Å²) in [6.07, 6.45) is 3.88. The number of aliphatic carboxylic acids is 1. The molecule has 0 saturated carbocycles. The van der Waals surface area contributed by atoms with E-state index < -0.39 is 5.97 Å². The molecule has 142 valence electrons. The fourth-order valence-corrected chi connectivity index (χ4v) is 3.65. The molecular formula is C23H26O4. The number of benzene rings is 2. The van der Waals surface area contributed by atoms with E-state index in [9.17, 15) is 9.59 Å². The van der Waals surface area contributed by atoms with Gasteiger partial charge in [0.1, 0.15) is 6.10 Å². The summed E-state index contributed by atoms with van der Waals surface area (Å²) in [5, 5.41) is 8.71. The van der Waals surface area contributed by atoms with E-state index in [4.69, 9.17) is 9.84 Å². The molecule has 0 heterocycles. The zero-order valence-electron chi connectivity index (χ0n) is 15.7. The van der Waals surface area contributed by atoms with Crippen LogP contribution in [-0.2, 0) is 20.7 Å². The average Bonchev–Trinajstić information content (AvgIpc) is 3.02. The number of esters is 1. The smallest absolute Gasteiger partial charge is 0.306 e. The van der Waals surface area contributed by atoms with Crippen LogP contribution in [0.5, 0.6) is 0 Å². The lowest BCUT2D eigenvalue weighted by Crippen LogP contribution is -2.12. The summed E-state index contributed by atoms with van der Waals surface area (Å²) in [6, 6.07) is 14.8. The van der Waals surface area contributed by atoms with Gasteiger partial charge in [0.2, 0.25) is 0 Å². The van der Waals surface area contributed by atoms with Crippen LogP contribution in [0.2, 0.25) is 0 Å². The van der Waals surface area contributed by atoms with Gasteiger partial charge in [0.15, 0.2) is 0 Å². The third kappa shape index (κ3) is 4.76. The van der Waals surface area contributed by atoms with Crippen LogP contribution in [0.15, 0.2) is 42.5 Å². The van der Waals surface area contributed by atoms with Crippen molar-refractivity contribution in [2.75, 3.05) is 0 Å². The van der Waals surface area contributed by atoms with E-state index in [1.165, 1.54) is 22.3 Å². The lowest BCUT2D eigenvalue weighted by atomic mass is 9.98. The molecule has 1 unspecified atom stereocenters. The van der Waals surface area contributed by atoms with Crippen molar-refractivity contribution in [3.05, 3.63) is 59.2 Å². The van der Waals surface area contributed by atoms with E-state index in [1.54, 1.807) is 0 Å². The number of rotatable bonds is 9. The highest BCUT2D eigenvalue weighted by Gasteiger charge is 2.22. The SMILES string of the molecule is CCCCC(OC(=O)CCCC(=O)O)c1ccc2c(c1)Cc1ccccc1-2. The Morgan fingerprint density at radius 2 is 1.81 bits per heavy atom. The molecule has 4 heteroatoms. The van der Waals surface area contributed by atoms with E-state index in [0.717, 1.165) is 31.2 Å². The van der Waals surface area contributed by atoms with Gasteiger partial charge in [0.25, 0.3) is 0 Å². The predicted octanol–water partition coefficient (Wildman–Crippen LogP) is 5.29. The quantitative estimate of drug-likeness (QED) is 0.523. The summed E-state index contributed by atoms with van der Waals surface area (Å²) in [7, 11) is 0. The minimum Gasteiger partial charge on any atom is -0.481 e. The number of carboxylic acid groups (broad SMARTS) is 1. The molecule has 1 aliphatic carbocycles. The van der Waals surface area contributed by atoms with Crippen LogP contribution >= 0.6 is 0 Å². The number of carbonyl (C=O) groups excluding carboxylic acids is 1. The molecule has 4 nitrogen and oxygen atoms in total. The van der Waals surface area contributed by atoms with Gasteiger partial charge < -0.3 is 9.84 Å². The molecule has 0 saturated heterocycles. The molecule has 0 aromatic heterocycles. The highest BCUT2D eigenvalue weighted by atomic mass is 16.5. The Morgan fingerprint density at radius 1 is 1.04 bits per heavy atom. The van der Waals surface area contributed by atoms with Crippen LogP contribution < -0.4 is 0 Å². The summed E-state index contributed by atoms with van der Waals surface area (Å²) >= 11 is 0. The van der Waals surface area contributed by atoms with Gasteiger partial charge in [-0.1, -0.05) is 55.8 Å². The molecule has 1 atom stereocenters. The maximum Gasteiger partial charge on any atom is 0.306 e. The normalized spacial score (nSPS) is 12.9. The van der Waals surface area contributed by atoms with E-state index in [0.29, 0.717) is 6.42 Å². The Balaban J connectivity index is 1.73. The van der Waals surface area contributed by atoms with E-state index in [1.807, 2.05) is 0 Å². The van der Waals surface area contributed by atoms with Crippen molar-refractivity contribution in [3.8, 4) is 11.1 Å². The molecule has 0 bridgehead atoms. The van der Waals surface area contributed by atoms with Gasteiger partial charge in [-0.15, -0.1) is 0 Å². The predicted molar refractivity (Wildman–Crippen MR) is 105 cm³/mol. The first kappa shape index (κ1) is 19.2. The Kier molecular flexibility index (Phi) is 6.28. The first-order chi connectivity index (χ1) is 13.1. The molecule has 2 aromatic carbocycles. The van der Waals surface area contributed by atoms with Crippen molar-refractivity contribution >= 4 is 11.9 Å². The van der Waals surface area contributed by atoms with Gasteiger partial charge in [-0.05, 0) is 53.5 Å². The van der Waals surface area contributed by atoms with Gasteiger partial charge >= 0.3 is 11.9 Å². The molecule has 0 amide bonds. The lowest BCUT2D eigenvalue weighted by molar-refractivity contribution is -0.150. The number of carbonyl (C=O) groups is 2. The number of unbranched alkanes of at least 4 members (excludes halogenated alkanes) is 1. The van der Waals surface area contributed by atoms with Crippen LogP contribution in [0.1, 0.15) is 68.2 Å². The standard InChI is InChI=1S/C23H26O4/c1-2-3-9-21(27-23(26)11-6-10-22(24)25)17-12-13-20-18(15-17)14-16-7-4-5-8-19(16)20/h4-5,7-8,12-13,15,21H,2-3,6,9-11,14H2,1H3,(H,24,25). The van der Waals surface area contributed by atoms with Crippen molar-refractivity contribution in [1.29, 1.82) is 0 Å². The van der Waals surface area contributed by atoms with Crippen molar-refractivity contribution in [1.82, 2.24) is 0 Å². The van der Waals surface area contributed by atoms with Crippen LogP contribution in [0.4, 0.5) is 0 Å². The Bertz CT molecular complexity index is 825. The Hall–Kier alpha value is -2.62. The molecule has 1 aliphatic rings. The van der Waals surface area contributed by atoms with Gasteiger partial charge in [0, 0.05) is 12.8 Å². The Labute approximate surface area is 160 Å².